The van der Waals surface area contributed by atoms with Gasteiger partial charge >= 0.3 is 0 Å². The van der Waals surface area contributed by atoms with E-state index in [-0.39, 0.29) is 12.1 Å². The van der Waals surface area contributed by atoms with Gasteiger partial charge in [0.1, 0.15) is 0 Å². The number of nitrogens with two attached hydrogens (primary N) is 1. The van der Waals surface area contributed by atoms with Crippen molar-refractivity contribution in [2.45, 2.75) is 46.2 Å². The summed E-state index contributed by atoms with van der Waals surface area (Å²) in [5, 5.41) is 11.0. The maximum Gasteiger partial charge on any atom is 0.0635 e. The molecule has 0 saturated heterocycles. The van der Waals surface area contributed by atoms with Crippen molar-refractivity contribution in [3.63, 3.8) is 0 Å². The van der Waals surface area contributed by atoms with Crippen molar-refractivity contribution < 1.29 is 0 Å². The number of nitriles is 1. The van der Waals surface area contributed by atoms with Crippen molar-refractivity contribution in [2.24, 2.45) is 11.7 Å². The highest BCUT2D eigenvalue weighted by Crippen LogP contribution is 2.31. The van der Waals surface area contributed by atoms with Crippen molar-refractivity contribution in [2.75, 3.05) is 13.1 Å². The Labute approximate surface area is 121 Å². The van der Waals surface area contributed by atoms with Crippen LogP contribution in [0.4, 0.5) is 0 Å². The zero-order valence-electron chi connectivity index (χ0n) is 12.4. The minimum absolute atomic E-state index is 0.0646. The summed E-state index contributed by atoms with van der Waals surface area (Å²) in [6.07, 6.45) is 0.556. The largest absolute Gasteiger partial charge is 0.326 e. The van der Waals surface area contributed by atoms with Crippen LogP contribution < -0.4 is 5.73 Å². The van der Waals surface area contributed by atoms with Gasteiger partial charge in [0, 0.05) is 30.4 Å². The Balaban J connectivity index is 2.98. The average Bonchev–Trinajstić information content (AvgIpc) is 2.71. The predicted molar refractivity (Wildman–Crippen MR) is 82.1 cm³/mol. The van der Waals surface area contributed by atoms with Gasteiger partial charge in [-0.1, -0.05) is 13.8 Å². The van der Waals surface area contributed by atoms with Crippen LogP contribution in [0, 0.1) is 24.2 Å². The fourth-order valence-corrected chi connectivity index (χ4v) is 3.61. The van der Waals surface area contributed by atoms with Crippen molar-refractivity contribution in [3.05, 3.63) is 21.9 Å². The Bertz CT molecular complexity index is 417. The van der Waals surface area contributed by atoms with Crippen LogP contribution in [-0.2, 0) is 0 Å². The second-order valence-corrected chi connectivity index (χ2v) is 6.52. The first-order chi connectivity index (χ1) is 8.97. The summed E-state index contributed by atoms with van der Waals surface area (Å²) < 4.78 is 0. The van der Waals surface area contributed by atoms with Crippen LogP contribution >= 0.6 is 11.3 Å². The highest BCUT2D eigenvalue weighted by Gasteiger charge is 2.26. The molecular weight excluding hydrogens is 254 g/mol. The van der Waals surface area contributed by atoms with Crippen LogP contribution in [0.2, 0.25) is 0 Å². The Hall–Kier alpha value is -0.890. The molecule has 106 valence electrons. The summed E-state index contributed by atoms with van der Waals surface area (Å²) in [6.45, 7) is 10.4. The quantitative estimate of drug-likeness (QED) is 0.833. The van der Waals surface area contributed by atoms with E-state index in [1.54, 1.807) is 11.3 Å². The van der Waals surface area contributed by atoms with Crippen LogP contribution in [0.1, 0.15) is 43.7 Å². The molecule has 3 nitrogen and oxygen atoms in total. The van der Waals surface area contributed by atoms with Crippen LogP contribution in [-0.4, -0.2) is 24.0 Å². The van der Waals surface area contributed by atoms with E-state index in [0.717, 1.165) is 13.1 Å². The molecule has 0 aliphatic carbocycles. The third-order valence-electron chi connectivity index (χ3n) is 3.17. The fourth-order valence-electron chi connectivity index (χ4n) is 2.43. The lowest BCUT2D eigenvalue weighted by Crippen LogP contribution is -2.41. The lowest BCUT2D eigenvalue weighted by Gasteiger charge is -2.35. The molecule has 0 bridgehead atoms. The molecule has 0 aliphatic rings. The molecule has 2 unspecified atom stereocenters. The molecule has 1 heterocycles. The Morgan fingerprint density at radius 3 is 2.53 bits per heavy atom. The zero-order valence-corrected chi connectivity index (χ0v) is 13.2. The lowest BCUT2D eigenvalue weighted by molar-refractivity contribution is 0.163. The molecule has 2 N–H and O–H groups in total. The van der Waals surface area contributed by atoms with E-state index in [1.807, 2.05) is 0 Å². The van der Waals surface area contributed by atoms with Gasteiger partial charge in [-0.3, -0.25) is 4.90 Å². The minimum atomic E-state index is 0.0646. The predicted octanol–water partition coefficient (Wildman–Crippen LogP) is 3.32. The van der Waals surface area contributed by atoms with E-state index in [4.69, 9.17) is 11.0 Å². The van der Waals surface area contributed by atoms with Crippen molar-refractivity contribution in [3.8, 4) is 6.07 Å². The highest BCUT2D eigenvalue weighted by molar-refractivity contribution is 7.10. The van der Waals surface area contributed by atoms with Crippen LogP contribution in [0.5, 0.6) is 0 Å². The summed E-state index contributed by atoms with van der Waals surface area (Å²) in [5.41, 5.74) is 7.53. The van der Waals surface area contributed by atoms with Gasteiger partial charge in [-0.15, -0.1) is 11.3 Å². The van der Waals surface area contributed by atoms with Gasteiger partial charge in [0.05, 0.1) is 12.1 Å². The van der Waals surface area contributed by atoms with Gasteiger partial charge in [0.15, 0.2) is 0 Å². The number of thiophene rings is 1. The minimum Gasteiger partial charge on any atom is -0.326 e. The van der Waals surface area contributed by atoms with Crippen LogP contribution in [0.15, 0.2) is 11.4 Å². The van der Waals surface area contributed by atoms with Crippen molar-refractivity contribution >= 4 is 11.3 Å². The summed E-state index contributed by atoms with van der Waals surface area (Å²) in [6, 6.07) is 4.68. The van der Waals surface area contributed by atoms with Crippen molar-refractivity contribution in [1.82, 2.24) is 4.90 Å². The smallest absolute Gasteiger partial charge is 0.0635 e. The second kappa shape index (κ2) is 7.64. The molecule has 0 saturated carbocycles. The third-order valence-corrected chi connectivity index (χ3v) is 4.26. The van der Waals surface area contributed by atoms with Crippen molar-refractivity contribution in [1.29, 1.82) is 5.26 Å². The van der Waals surface area contributed by atoms with E-state index in [1.165, 1.54) is 10.4 Å². The number of rotatable bonds is 7. The van der Waals surface area contributed by atoms with E-state index < -0.39 is 0 Å². The first-order valence-corrected chi connectivity index (χ1v) is 7.75. The first kappa shape index (κ1) is 16.2. The lowest BCUT2D eigenvalue weighted by atomic mass is 10.0. The maximum absolute atomic E-state index is 8.85. The number of hydrogen-bond donors (Lipinski definition) is 1. The van der Waals surface area contributed by atoms with Gasteiger partial charge in [0.2, 0.25) is 0 Å². The number of aryl methyl sites for hydroxylation is 1. The molecule has 0 radical (unpaired) electrons. The summed E-state index contributed by atoms with van der Waals surface area (Å²) >= 11 is 1.77. The molecule has 0 spiro atoms. The SMILES string of the molecule is Cc1ccsc1C(C(C)N)N(CCC#N)CC(C)C. The fraction of sp³-hybridized carbons (Fsp3) is 0.667. The van der Waals surface area contributed by atoms with Gasteiger partial charge in [-0.05, 0) is 36.8 Å². The molecule has 1 rings (SSSR count). The number of nitrogens with zero attached hydrogens (tertiary/aromatic N) is 2. The monoisotopic (exact) mass is 279 g/mol. The molecule has 4 heteroatoms. The molecule has 0 aromatic carbocycles. The third kappa shape index (κ3) is 4.61. The molecule has 19 heavy (non-hydrogen) atoms. The van der Waals surface area contributed by atoms with E-state index in [9.17, 15) is 0 Å². The Morgan fingerprint density at radius 1 is 1.42 bits per heavy atom. The Kier molecular flexibility index (Phi) is 6.50. The topological polar surface area (TPSA) is 53.0 Å². The van der Waals surface area contributed by atoms with Crippen LogP contribution in [0.3, 0.4) is 0 Å². The molecule has 0 fully saturated rings. The molecule has 0 aliphatic heterocycles. The average molecular weight is 279 g/mol. The van der Waals surface area contributed by atoms with E-state index >= 15 is 0 Å². The van der Waals surface area contributed by atoms with E-state index in [2.05, 4.69) is 50.1 Å². The highest BCUT2D eigenvalue weighted by atomic mass is 32.1. The van der Waals surface area contributed by atoms with Gasteiger partial charge < -0.3 is 5.73 Å². The Morgan fingerprint density at radius 2 is 2.11 bits per heavy atom. The zero-order chi connectivity index (χ0) is 14.4. The standard InChI is InChI=1S/C15H25N3S/c1-11(2)10-18(8-5-7-16)14(13(4)17)15-12(3)6-9-19-15/h6,9,11,13-14H,5,8,10,17H2,1-4H3. The molecule has 0 amide bonds. The maximum atomic E-state index is 8.85. The second-order valence-electron chi connectivity index (χ2n) is 5.57. The first-order valence-electron chi connectivity index (χ1n) is 6.88. The normalized spacial score (nSPS) is 14.6. The van der Waals surface area contributed by atoms with Gasteiger partial charge in [-0.2, -0.15) is 5.26 Å². The molecule has 1 aromatic heterocycles. The number of hydrogen-bond acceptors (Lipinski definition) is 4. The van der Waals surface area contributed by atoms with Gasteiger partial charge in [-0.25, -0.2) is 0 Å². The molecule has 2 atom stereocenters. The summed E-state index contributed by atoms with van der Waals surface area (Å²) in [7, 11) is 0. The summed E-state index contributed by atoms with van der Waals surface area (Å²) in [4.78, 5) is 3.71. The van der Waals surface area contributed by atoms with Crippen LogP contribution in [0.25, 0.3) is 0 Å². The molecular formula is C15H25N3S. The summed E-state index contributed by atoms with van der Waals surface area (Å²) in [5.74, 6) is 0.570. The molecule has 1 aromatic rings. The van der Waals surface area contributed by atoms with E-state index in [0.29, 0.717) is 12.3 Å². The van der Waals surface area contributed by atoms with Gasteiger partial charge in [0.25, 0.3) is 0 Å².